The Bertz CT molecular complexity index is 855. The van der Waals surface area contributed by atoms with Crippen molar-refractivity contribution < 1.29 is 14.2 Å². The molecular weight excluding hydrogens is 519 g/mol. The van der Waals surface area contributed by atoms with E-state index >= 15 is 0 Å². The van der Waals surface area contributed by atoms with Gasteiger partial charge in [0.25, 0.3) is 0 Å². The van der Waals surface area contributed by atoms with E-state index < -0.39 is 0 Å². The molecule has 2 aromatic carbocycles. The maximum atomic E-state index is 6.17. The molecule has 1 heterocycles. The quantitative estimate of drug-likeness (QED) is 0.266. The molecule has 0 spiro atoms. The number of hydrogen-bond acceptors (Lipinski definition) is 5. The molecule has 0 amide bonds. The van der Waals surface area contributed by atoms with Crippen LogP contribution in [0.15, 0.2) is 47.5 Å². The van der Waals surface area contributed by atoms with E-state index in [1.54, 1.807) is 21.3 Å². The van der Waals surface area contributed by atoms with Gasteiger partial charge in [-0.05, 0) is 67.7 Å². The summed E-state index contributed by atoms with van der Waals surface area (Å²) in [5.74, 6) is 2.79. The Kier molecular flexibility index (Phi) is 10.9. The molecule has 1 aliphatic heterocycles. The Hall–Kier alpha value is -2.20. The molecule has 1 atom stereocenters. The van der Waals surface area contributed by atoms with Gasteiger partial charge in [0.05, 0.1) is 33.9 Å². The Balaban J connectivity index is 0.00000363. The van der Waals surface area contributed by atoms with Crippen LogP contribution >= 0.6 is 24.0 Å². The molecule has 3 N–H and O–H groups in total. The first kappa shape index (κ1) is 26.1. The molecule has 1 unspecified atom stereocenters. The minimum atomic E-state index is 0. The zero-order chi connectivity index (χ0) is 22.1. The number of hydrogen-bond donors (Lipinski definition) is 2. The van der Waals surface area contributed by atoms with Gasteiger partial charge in [-0.3, -0.25) is 9.89 Å². The first-order chi connectivity index (χ1) is 15.1. The number of methoxy groups -OCH3 is 3. The number of nitrogens with zero attached hydrogens (tertiary/aromatic N) is 2. The number of nitrogens with one attached hydrogen (secondary N) is 1. The van der Waals surface area contributed by atoms with E-state index in [0.29, 0.717) is 19.0 Å². The lowest BCUT2D eigenvalue weighted by Crippen LogP contribution is -2.35. The minimum Gasteiger partial charge on any atom is -0.497 e. The van der Waals surface area contributed by atoms with E-state index in [9.17, 15) is 0 Å². The molecule has 32 heavy (non-hydrogen) atoms. The highest BCUT2D eigenvalue weighted by Crippen LogP contribution is 2.28. The molecule has 1 fully saturated rings. The van der Waals surface area contributed by atoms with Crippen LogP contribution in [0, 0.1) is 0 Å². The van der Waals surface area contributed by atoms with Crippen molar-refractivity contribution in [2.75, 3.05) is 47.5 Å². The number of ether oxygens (including phenoxy) is 3. The van der Waals surface area contributed by atoms with Crippen LogP contribution in [0.1, 0.15) is 30.0 Å². The summed E-state index contributed by atoms with van der Waals surface area (Å²) in [6.45, 7) is 3.51. The fourth-order valence-corrected chi connectivity index (χ4v) is 3.92. The number of nitrogens with two attached hydrogens (primary N) is 1. The van der Waals surface area contributed by atoms with Crippen LogP contribution in [0.3, 0.4) is 0 Å². The van der Waals surface area contributed by atoms with Crippen molar-refractivity contribution in [3.63, 3.8) is 0 Å². The predicted octanol–water partition coefficient (Wildman–Crippen LogP) is 3.61. The molecule has 0 radical (unpaired) electrons. The maximum Gasteiger partial charge on any atom is 0.188 e. The van der Waals surface area contributed by atoms with Gasteiger partial charge in [0.1, 0.15) is 5.75 Å². The highest BCUT2D eigenvalue weighted by atomic mass is 127. The molecule has 1 saturated heterocycles. The first-order valence-electron chi connectivity index (χ1n) is 10.8. The van der Waals surface area contributed by atoms with Gasteiger partial charge in [0.15, 0.2) is 17.5 Å². The number of guanidine groups is 1. The fourth-order valence-electron chi connectivity index (χ4n) is 3.92. The van der Waals surface area contributed by atoms with Crippen LogP contribution in [-0.4, -0.2) is 58.4 Å². The summed E-state index contributed by atoms with van der Waals surface area (Å²) in [5.41, 5.74) is 8.55. The van der Waals surface area contributed by atoms with Crippen LogP contribution in [-0.2, 0) is 6.42 Å². The highest BCUT2D eigenvalue weighted by Gasteiger charge is 2.23. The van der Waals surface area contributed by atoms with E-state index in [1.165, 1.54) is 18.4 Å². The molecule has 176 valence electrons. The van der Waals surface area contributed by atoms with Crippen LogP contribution < -0.4 is 25.3 Å². The zero-order valence-corrected chi connectivity index (χ0v) is 21.5. The molecule has 0 aromatic heterocycles. The number of halogens is 1. The molecule has 0 aliphatic carbocycles. The SMILES string of the molecule is COc1ccc(C(CN=C(N)NCCc2ccc(OC)c(OC)c2)N2CCCC2)cc1.I. The Labute approximate surface area is 208 Å². The van der Waals surface area contributed by atoms with Crippen LogP contribution in [0.25, 0.3) is 0 Å². The third-order valence-electron chi connectivity index (χ3n) is 5.68. The molecule has 7 nitrogen and oxygen atoms in total. The molecule has 8 heteroatoms. The second kappa shape index (κ2) is 13.4. The Morgan fingerprint density at radius 1 is 1.00 bits per heavy atom. The predicted molar refractivity (Wildman–Crippen MR) is 140 cm³/mol. The van der Waals surface area contributed by atoms with Crippen LogP contribution in [0.2, 0.25) is 0 Å². The average Bonchev–Trinajstić information content (AvgIpc) is 3.34. The lowest BCUT2D eigenvalue weighted by molar-refractivity contribution is 0.251. The van der Waals surface area contributed by atoms with Crippen LogP contribution in [0.5, 0.6) is 17.2 Å². The molecule has 3 rings (SSSR count). The maximum absolute atomic E-state index is 6.17. The van der Waals surface area contributed by atoms with Gasteiger partial charge in [-0.25, -0.2) is 0 Å². The minimum absolute atomic E-state index is 0. The number of likely N-dealkylation sites (tertiary alicyclic amines) is 1. The Morgan fingerprint density at radius 3 is 2.31 bits per heavy atom. The van der Waals surface area contributed by atoms with Crippen molar-refractivity contribution in [1.82, 2.24) is 10.2 Å². The molecule has 1 aliphatic rings. The third-order valence-corrected chi connectivity index (χ3v) is 5.68. The Morgan fingerprint density at radius 2 is 1.69 bits per heavy atom. The number of benzene rings is 2. The second-order valence-electron chi connectivity index (χ2n) is 7.62. The van der Waals surface area contributed by atoms with E-state index in [4.69, 9.17) is 19.9 Å². The van der Waals surface area contributed by atoms with Crippen molar-refractivity contribution in [2.24, 2.45) is 10.7 Å². The van der Waals surface area contributed by atoms with Gasteiger partial charge in [0, 0.05) is 6.54 Å². The summed E-state index contributed by atoms with van der Waals surface area (Å²) in [6.07, 6.45) is 3.27. The number of rotatable bonds is 10. The van der Waals surface area contributed by atoms with Gasteiger partial charge in [-0.2, -0.15) is 0 Å². The molecule has 2 aromatic rings. The smallest absolute Gasteiger partial charge is 0.188 e. The van der Waals surface area contributed by atoms with E-state index in [0.717, 1.165) is 42.3 Å². The van der Waals surface area contributed by atoms with E-state index in [-0.39, 0.29) is 30.0 Å². The van der Waals surface area contributed by atoms with Gasteiger partial charge in [-0.1, -0.05) is 18.2 Å². The van der Waals surface area contributed by atoms with Crippen molar-refractivity contribution in [3.8, 4) is 17.2 Å². The van der Waals surface area contributed by atoms with Crippen molar-refractivity contribution in [2.45, 2.75) is 25.3 Å². The highest BCUT2D eigenvalue weighted by molar-refractivity contribution is 14.0. The van der Waals surface area contributed by atoms with Gasteiger partial charge in [-0.15, -0.1) is 24.0 Å². The van der Waals surface area contributed by atoms with Crippen LogP contribution in [0.4, 0.5) is 0 Å². The third kappa shape index (κ3) is 7.16. The molecular formula is C24H35IN4O3. The lowest BCUT2D eigenvalue weighted by Gasteiger charge is -2.27. The summed E-state index contributed by atoms with van der Waals surface area (Å²) in [6, 6.07) is 14.4. The molecule has 0 bridgehead atoms. The lowest BCUT2D eigenvalue weighted by atomic mass is 10.1. The number of aliphatic imine (C=N–C) groups is 1. The van der Waals surface area contributed by atoms with Gasteiger partial charge >= 0.3 is 0 Å². The first-order valence-corrected chi connectivity index (χ1v) is 10.8. The summed E-state index contributed by atoms with van der Waals surface area (Å²) < 4.78 is 16.0. The van der Waals surface area contributed by atoms with E-state index in [2.05, 4.69) is 27.3 Å². The normalized spacial score (nSPS) is 15.0. The summed E-state index contributed by atoms with van der Waals surface area (Å²) >= 11 is 0. The van der Waals surface area contributed by atoms with Gasteiger partial charge < -0.3 is 25.3 Å². The van der Waals surface area contributed by atoms with Crippen molar-refractivity contribution >= 4 is 29.9 Å². The zero-order valence-electron chi connectivity index (χ0n) is 19.2. The van der Waals surface area contributed by atoms with Crippen molar-refractivity contribution in [3.05, 3.63) is 53.6 Å². The summed E-state index contributed by atoms with van der Waals surface area (Å²) in [7, 11) is 4.97. The summed E-state index contributed by atoms with van der Waals surface area (Å²) in [5, 5.41) is 3.23. The second-order valence-corrected chi connectivity index (χ2v) is 7.62. The monoisotopic (exact) mass is 554 g/mol. The van der Waals surface area contributed by atoms with Gasteiger partial charge in [0.2, 0.25) is 0 Å². The topological polar surface area (TPSA) is 81.3 Å². The largest absolute Gasteiger partial charge is 0.497 e. The standard InChI is InChI=1S/C24H34N4O3.HI/c1-29-20-9-7-19(8-10-20)21(28-14-4-5-15-28)17-27-24(25)26-13-12-18-6-11-22(30-2)23(16-18)31-3;/h6-11,16,21H,4-5,12-15,17H2,1-3H3,(H3,25,26,27);1H. The summed E-state index contributed by atoms with van der Waals surface area (Å²) in [4.78, 5) is 7.13. The van der Waals surface area contributed by atoms with Crippen molar-refractivity contribution in [1.29, 1.82) is 0 Å². The molecule has 0 saturated carbocycles. The van der Waals surface area contributed by atoms with E-state index in [1.807, 2.05) is 30.3 Å². The average molecular weight is 554 g/mol. The fraction of sp³-hybridized carbons (Fsp3) is 0.458.